The average molecular weight is 377 g/mol. The second-order valence-corrected chi connectivity index (χ2v) is 7.69. The second kappa shape index (κ2) is 7.98. The summed E-state index contributed by atoms with van der Waals surface area (Å²) in [7, 11) is -3.65. The number of nitrogens with two attached hydrogens (primary N) is 1. The molecule has 2 aromatic rings. The number of aromatic nitrogens is 2. The number of anilines is 2. The lowest BCUT2D eigenvalue weighted by Crippen LogP contribution is -2.37. The van der Waals surface area contributed by atoms with Gasteiger partial charge in [-0.05, 0) is 31.0 Å². The molecular formula is C17H23N5O3S. The minimum absolute atomic E-state index is 0.121. The van der Waals surface area contributed by atoms with Gasteiger partial charge < -0.3 is 15.0 Å². The Morgan fingerprint density at radius 1 is 1.19 bits per heavy atom. The highest BCUT2D eigenvalue weighted by Crippen LogP contribution is 2.17. The van der Waals surface area contributed by atoms with Crippen LogP contribution in [0.5, 0.6) is 0 Å². The van der Waals surface area contributed by atoms with Crippen LogP contribution in [-0.4, -0.2) is 51.2 Å². The van der Waals surface area contributed by atoms with Crippen LogP contribution < -0.4 is 15.4 Å². The SMILES string of the molecule is Cc1nc(NCCc2ccc(S(N)(=O)=O)cc2)cc(N2CCOCC2)n1. The fraction of sp³-hybridized carbons (Fsp3) is 0.412. The van der Waals surface area contributed by atoms with Crippen LogP contribution in [0.25, 0.3) is 0 Å². The normalized spacial score (nSPS) is 15.1. The van der Waals surface area contributed by atoms with Gasteiger partial charge in [0.15, 0.2) is 0 Å². The predicted octanol–water partition coefficient (Wildman–Crippen LogP) is 0.924. The van der Waals surface area contributed by atoms with E-state index in [4.69, 9.17) is 9.88 Å². The third-order valence-electron chi connectivity index (χ3n) is 4.13. The molecule has 0 bridgehead atoms. The number of benzene rings is 1. The topological polar surface area (TPSA) is 110 Å². The molecule has 0 spiro atoms. The van der Waals surface area contributed by atoms with Crippen molar-refractivity contribution in [2.45, 2.75) is 18.2 Å². The van der Waals surface area contributed by atoms with Crippen molar-refractivity contribution in [3.8, 4) is 0 Å². The van der Waals surface area contributed by atoms with Crippen LogP contribution in [0, 0.1) is 6.92 Å². The van der Waals surface area contributed by atoms with Gasteiger partial charge in [-0.25, -0.2) is 23.5 Å². The molecule has 1 fully saturated rings. The van der Waals surface area contributed by atoms with Gasteiger partial charge in [-0.1, -0.05) is 12.1 Å². The Morgan fingerprint density at radius 2 is 1.88 bits per heavy atom. The van der Waals surface area contributed by atoms with Crippen molar-refractivity contribution in [3.05, 3.63) is 41.7 Å². The molecule has 1 saturated heterocycles. The number of sulfonamides is 1. The number of hydrogen-bond donors (Lipinski definition) is 2. The zero-order chi connectivity index (χ0) is 18.6. The fourth-order valence-corrected chi connectivity index (χ4v) is 3.29. The number of ether oxygens (including phenoxy) is 1. The molecule has 1 aromatic carbocycles. The Morgan fingerprint density at radius 3 is 2.54 bits per heavy atom. The molecule has 2 heterocycles. The van der Waals surface area contributed by atoms with Gasteiger partial charge in [0.2, 0.25) is 10.0 Å². The molecule has 9 heteroatoms. The molecule has 26 heavy (non-hydrogen) atoms. The Kier molecular flexibility index (Phi) is 5.70. The predicted molar refractivity (Wildman–Crippen MR) is 99.8 cm³/mol. The lowest BCUT2D eigenvalue weighted by molar-refractivity contribution is 0.122. The Labute approximate surface area is 153 Å². The minimum Gasteiger partial charge on any atom is -0.378 e. The van der Waals surface area contributed by atoms with Crippen molar-refractivity contribution in [2.75, 3.05) is 43.1 Å². The zero-order valence-corrected chi connectivity index (χ0v) is 15.5. The Balaban J connectivity index is 1.60. The number of nitrogens with zero attached hydrogens (tertiary/aromatic N) is 3. The Hall–Kier alpha value is -2.23. The van der Waals surface area contributed by atoms with Crippen LogP contribution in [0.1, 0.15) is 11.4 Å². The molecule has 140 valence electrons. The number of primary sulfonamides is 1. The quantitative estimate of drug-likeness (QED) is 0.770. The van der Waals surface area contributed by atoms with Crippen molar-refractivity contribution in [1.29, 1.82) is 0 Å². The molecule has 3 rings (SSSR count). The second-order valence-electron chi connectivity index (χ2n) is 6.12. The van der Waals surface area contributed by atoms with Gasteiger partial charge >= 0.3 is 0 Å². The lowest BCUT2D eigenvalue weighted by Gasteiger charge is -2.28. The molecule has 8 nitrogen and oxygen atoms in total. The van der Waals surface area contributed by atoms with E-state index in [-0.39, 0.29) is 4.90 Å². The summed E-state index contributed by atoms with van der Waals surface area (Å²) in [6, 6.07) is 8.53. The molecule has 1 aromatic heterocycles. The molecule has 3 N–H and O–H groups in total. The standard InChI is InChI=1S/C17H23N5O3S/c1-13-20-16(12-17(21-13)22-8-10-25-11-9-22)19-7-6-14-2-4-15(5-3-14)26(18,23)24/h2-5,12H,6-11H2,1H3,(H2,18,23,24)(H,19,20,21). The van der Waals surface area contributed by atoms with E-state index in [2.05, 4.69) is 20.2 Å². The van der Waals surface area contributed by atoms with Gasteiger partial charge in [0.1, 0.15) is 17.5 Å². The van der Waals surface area contributed by atoms with Gasteiger partial charge in [0.05, 0.1) is 18.1 Å². The highest BCUT2D eigenvalue weighted by molar-refractivity contribution is 7.89. The van der Waals surface area contributed by atoms with E-state index < -0.39 is 10.0 Å². The van der Waals surface area contributed by atoms with Crippen molar-refractivity contribution in [1.82, 2.24) is 9.97 Å². The zero-order valence-electron chi connectivity index (χ0n) is 14.7. The van der Waals surface area contributed by atoms with E-state index in [1.54, 1.807) is 12.1 Å². The van der Waals surface area contributed by atoms with Gasteiger partial charge in [0.25, 0.3) is 0 Å². The first-order valence-electron chi connectivity index (χ1n) is 8.46. The maximum Gasteiger partial charge on any atom is 0.238 e. The van der Waals surface area contributed by atoms with Gasteiger partial charge in [-0.2, -0.15) is 0 Å². The number of aryl methyl sites for hydroxylation is 1. The third kappa shape index (κ3) is 4.90. The maximum absolute atomic E-state index is 11.3. The highest BCUT2D eigenvalue weighted by Gasteiger charge is 2.14. The summed E-state index contributed by atoms with van der Waals surface area (Å²) in [5.41, 5.74) is 1.02. The van der Waals surface area contributed by atoms with E-state index in [0.29, 0.717) is 25.6 Å². The van der Waals surface area contributed by atoms with Crippen LogP contribution in [0.15, 0.2) is 35.2 Å². The van der Waals surface area contributed by atoms with Crippen LogP contribution in [0.4, 0.5) is 11.6 Å². The third-order valence-corrected chi connectivity index (χ3v) is 5.06. The first kappa shape index (κ1) is 18.6. The highest BCUT2D eigenvalue weighted by atomic mass is 32.2. The number of morpholine rings is 1. The summed E-state index contributed by atoms with van der Waals surface area (Å²) in [6.07, 6.45) is 0.737. The van der Waals surface area contributed by atoms with Crippen molar-refractivity contribution >= 4 is 21.7 Å². The first-order valence-corrected chi connectivity index (χ1v) is 10.0. The molecule has 1 aliphatic heterocycles. The van der Waals surface area contributed by atoms with Gasteiger partial charge in [-0.15, -0.1) is 0 Å². The van der Waals surface area contributed by atoms with Crippen molar-refractivity contribution in [3.63, 3.8) is 0 Å². The van der Waals surface area contributed by atoms with Gasteiger partial charge in [-0.3, -0.25) is 0 Å². The molecule has 0 atom stereocenters. The van der Waals surface area contributed by atoms with E-state index >= 15 is 0 Å². The van der Waals surface area contributed by atoms with Crippen LogP contribution >= 0.6 is 0 Å². The molecule has 0 aliphatic carbocycles. The maximum atomic E-state index is 11.3. The molecule has 0 amide bonds. The molecule has 0 radical (unpaired) electrons. The lowest BCUT2D eigenvalue weighted by atomic mass is 10.1. The molecule has 1 aliphatic rings. The summed E-state index contributed by atoms with van der Waals surface area (Å²) in [6.45, 7) is 5.62. The van der Waals surface area contributed by atoms with E-state index in [9.17, 15) is 8.42 Å². The first-order chi connectivity index (χ1) is 12.4. The van der Waals surface area contributed by atoms with E-state index in [0.717, 1.165) is 36.7 Å². The van der Waals surface area contributed by atoms with Crippen molar-refractivity contribution < 1.29 is 13.2 Å². The summed E-state index contributed by atoms with van der Waals surface area (Å²) in [4.78, 5) is 11.2. The Bertz CT molecular complexity index is 849. The van der Waals surface area contributed by atoms with Crippen LogP contribution in [-0.2, 0) is 21.2 Å². The fourth-order valence-electron chi connectivity index (χ4n) is 2.78. The van der Waals surface area contributed by atoms with Gasteiger partial charge in [0, 0.05) is 25.7 Å². The summed E-state index contributed by atoms with van der Waals surface area (Å²) in [5.74, 6) is 2.40. The number of hydrogen-bond acceptors (Lipinski definition) is 7. The largest absolute Gasteiger partial charge is 0.378 e. The number of rotatable bonds is 6. The van der Waals surface area contributed by atoms with E-state index in [1.165, 1.54) is 12.1 Å². The molecule has 0 saturated carbocycles. The summed E-state index contributed by atoms with van der Waals surface area (Å²) in [5, 5.41) is 8.41. The smallest absolute Gasteiger partial charge is 0.238 e. The van der Waals surface area contributed by atoms with Crippen LogP contribution in [0.3, 0.4) is 0 Å². The van der Waals surface area contributed by atoms with Crippen LogP contribution in [0.2, 0.25) is 0 Å². The van der Waals surface area contributed by atoms with Crippen molar-refractivity contribution in [2.24, 2.45) is 5.14 Å². The average Bonchev–Trinajstić information content (AvgIpc) is 2.62. The molecular weight excluding hydrogens is 354 g/mol. The number of nitrogens with one attached hydrogen (secondary N) is 1. The summed E-state index contributed by atoms with van der Waals surface area (Å²) < 4.78 is 27.9. The summed E-state index contributed by atoms with van der Waals surface area (Å²) >= 11 is 0. The molecule has 0 unspecified atom stereocenters. The van der Waals surface area contributed by atoms with E-state index in [1.807, 2.05) is 13.0 Å². The monoisotopic (exact) mass is 377 g/mol. The minimum atomic E-state index is -3.65.